The van der Waals surface area contributed by atoms with Gasteiger partial charge in [0.05, 0.1) is 5.25 Å². The highest BCUT2D eigenvalue weighted by Gasteiger charge is 2.26. The number of benzene rings is 1. The molecule has 5 heteroatoms. The van der Waals surface area contributed by atoms with Crippen LogP contribution in [-0.4, -0.2) is 25.8 Å². The van der Waals surface area contributed by atoms with E-state index in [4.69, 9.17) is 0 Å². The van der Waals surface area contributed by atoms with Crippen molar-refractivity contribution in [2.24, 2.45) is 0 Å². The Morgan fingerprint density at radius 1 is 1.27 bits per heavy atom. The summed E-state index contributed by atoms with van der Waals surface area (Å²) >= 11 is 1.59. The Morgan fingerprint density at radius 2 is 2.09 bits per heavy atom. The van der Waals surface area contributed by atoms with Crippen LogP contribution in [0.3, 0.4) is 0 Å². The number of aromatic nitrogens is 3. The third-order valence-electron chi connectivity index (χ3n) is 4.17. The van der Waals surface area contributed by atoms with Gasteiger partial charge in [0, 0.05) is 18.5 Å². The number of ketones is 1. The van der Waals surface area contributed by atoms with Crippen molar-refractivity contribution >= 4 is 17.5 Å². The zero-order valence-corrected chi connectivity index (χ0v) is 13.9. The zero-order valence-electron chi connectivity index (χ0n) is 13.1. The van der Waals surface area contributed by atoms with Crippen LogP contribution in [0.15, 0.2) is 29.4 Å². The van der Waals surface area contributed by atoms with Crippen molar-refractivity contribution in [3.63, 3.8) is 0 Å². The van der Waals surface area contributed by atoms with Gasteiger partial charge >= 0.3 is 0 Å². The molecule has 1 aromatic carbocycles. The number of aryl methyl sites for hydroxylation is 1. The second-order valence-corrected chi connectivity index (χ2v) is 6.85. The lowest BCUT2D eigenvalue weighted by molar-refractivity contribution is -0.119. The number of carbonyl (C=O) groups is 1. The van der Waals surface area contributed by atoms with Gasteiger partial charge in [-0.1, -0.05) is 42.4 Å². The molecule has 1 aliphatic carbocycles. The maximum Gasteiger partial charge on any atom is 0.192 e. The van der Waals surface area contributed by atoms with Crippen LogP contribution >= 0.6 is 11.8 Å². The second kappa shape index (κ2) is 6.65. The Bertz CT molecular complexity index is 680. The molecule has 0 amide bonds. The quantitative estimate of drug-likeness (QED) is 0.859. The lowest BCUT2D eigenvalue weighted by Gasteiger charge is -2.19. The molecule has 4 nitrogen and oxygen atoms in total. The number of hydrogen-bond donors (Lipinski definition) is 0. The number of thioether (sulfide) groups is 1. The maximum atomic E-state index is 12.1. The average molecular weight is 315 g/mol. The fourth-order valence-corrected chi connectivity index (χ4v) is 4.11. The average Bonchev–Trinajstić information content (AvgIpc) is 2.92. The molecule has 1 atom stereocenters. The predicted molar refractivity (Wildman–Crippen MR) is 89.0 cm³/mol. The fourth-order valence-electron chi connectivity index (χ4n) is 2.89. The molecule has 1 heterocycles. The maximum absolute atomic E-state index is 12.1. The monoisotopic (exact) mass is 315 g/mol. The molecule has 0 radical (unpaired) electrons. The van der Waals surface area contributed by atoms with E-state index in [-0.39, 0.29) is 5.25 Å². The van der Waals surface area contributed by atoms with Gasteiger partial charge in [-0.2, -0.15) is 0 Å². The van der Waals surface area contributed by atoms with Crippen LogP contribution in [0.25, 0.3) is 11.4 Å². The highest BCUT2D eigenvalue weighted by Crippen LogP contribution is 2.33. The fraction of sp³-hybridized carbons (Fsp3) is 0.471. The summed E-state index contributed by atoms with van der Waals surface area (Å²) in [5.74, 6) is 1.26. The standard InChI is InChI=1S/C17H21N3OS/c1-3-20-16(13-9-5-4-8-12(13)2)18-19-17(20)22-15-11-7-6-10-14(15)21/h4-5,8-9,15H,3,6-7,10-11H2,1-2H3/t15-/m0/s1. The highest BCUT2D eigenvalue weighted by molar-refractivity contribution is 8.00. The van der Waals surface area contributed by atoms with E-state index in [0.29, 0.717) is 12.2 Å². The second-order valence-electron chi connectivity index (χ2n) is 5.68. The van der Waals surface area contributed by atoms with E-state index in [2.05, 4.69) is 40.7 Å². The van der Waals surface area contributed by atoms with Gasteiger partial charge in [0.2, 0.25) is 0 Å². The van der Waals surface area contributed by atoms with E-state index in [1.165, 1.54) is 5.56 Å². The Hall–Kier alpha value is -1.62. The largest absolute Gasteiger partial charge is 0.302 e. The number of hydrogen-bond acceptors (Lipinski definition) is 4. The normalized spacial score (nSPS) is 18.6. The van der Waals surface area contributed by atoms with Crippen LogP contribution in [0, 0.1) is 6.92 Å². The van der Waals surface area contributed by atoms with Gasteiger partial charge in [-0.25, -0.2) is 0 Å². The van der Waals surface area contributed by atoms with Gasteiger partial charge in [0.1, 0.15) is 5.78 Å². The third kappa shape index (κ3) is 2.95. The first-order valence-corrected chi connectivity index (χ1v) is 8.77. The minimum Gasteiger partial charge on any atom is -0.302 e. The summed E-state index contributed by atoms with van der Waals surface area (Å²) < 4.78 is 2.12. The minimum absolute atomic E-state index is 0.0490. The van der Waals surface area contributed by atoms with E-state index < -0.39 is 0 Å². The summed E-state index contributed by atoms with van der Waals surface area (Å²) in [4.78, 5) is 12.1. The predicted octanol–water partition coefficient (Wildman–Crippen LogP) is 3.88. The van der Waals surface area contributed by atoms with Crippen molar-refractivity contribution < 1.29 is 4.79 Å². The Balaban J connectivity index is 1.91. The van der Waals surface area contributed by atoms with Gasteiger partial charge < -0.3 is 4.57 Å². The summed E-state index contributed by atoms with van der Waals surface area (Å²) in [6, 6.07) is 8.21. The lowest BCUT2D eigenvalue weighted by Crippen LogP contribution is -2.21. The van der Waals surface area contributed by atoms with Gasteiger partial charge in [0.25, 0.3) is 0 Å². The molecule has 116 valence electrons. The Labute approximate surface area is 135 Å². The van der Waals surface area contributed by atoms with Crippen molar-refractivity contribution in [1.82, 2.24) is 14.8 Å². The van der Waals surface area contributed by atoms with E-state index in [1.807, 2.05) is 12.1 Å². The number of rotatable bonds is 4. The smallest absolute Gasteiger partial charge is 0.192 e. The number of nitrogens with zero attached hydrogens (tertiary/aromatic N) is 3. The Kier molecular flexibility index (Phi) is 4.62. The first-order valence-electron chi connectivity index (χ1n) is 7.89. The van der Waals surface area contributed by atoms with E-state index in [1.54, 1.807) is 11.8 Å². The SMILES string of the molecule is CCn1c(S[C@H]2CCCCC2=O)nnc1-c1ccccc1C. The molecule has 0 saturated heterocycles. The van der Waals surface area contributed by atoms with Gasteiger partial charge in [-0.05, 0) is 32.3 Å². The molecule has 1 aromatic heterocycles. The number of carbonyl (C=O) groups excluding carboxylic acids is 1. The summed E-state index contributed by atoms with van der Waals surface area (Å²) in [7, 11) is 0. The molecule has 1 aliphatic rings. The van der Waals surface area contributed by atoms with Crippen LogP contribution in [0.5, 0.6) is 0 Å². The van der Waals surface area contributed by atoms with Gasteiger partial charge in [-0.3, -0.25) is 4.79 Å². The molecule has 0 spiro atoms. The van der Waals surface area contributed by atoms with Crippen LogP contribution < -0.4 is 0 Å². The van der Waals surface area contributed by atoms with Gasteiger partial charge in [0.15, 0.2) is 11.0 Å². The molecule has 0 N–H and O–H groups in total. The molecule has 2 aromatic rings. The van der Waals surface area contributed by atoms with Crippen LogP contribution in [0.1, 0.15) is 38.2 Å². The molecule has 3 rings (SSSR count). The third-order valence-corrected chi connectivity index (χ3v) is 5.46. The Morgan fingerprint density at radius 3 is 2.82 bits per heavy atom. The molecule has 0 bridgehead atoms. The van der Waals surface area contributed by atoms with Crippen molar-refractivity contribution in [2.45, 2.75) is 56.5 Å². The van der Waals surface area contributed by atoms with Crippen molar-refractivity contribution in [2.75, 3.05) is 0 Å². The van der Waals surface area contributed by atoms with Crippen molar-refractivity contribution in [3.05, 3.63) is 29.8 Å². The molecular formula is C17H21N3OS. The molecule has 22 heavy (non-hydrogen) atoms. The first kappa shape index (κ1) is 15.3. The van der Waals surface area contributed by atoms with Crippen LogP contribution in [0.2, 0.25) is 0 Å². The van der Waals surface area contributed by atoms with E-state index in [0.717, 1.165) is 42.4 Å². The number of Topliss-reactive ketones (excluding diaryl/α,β-unsaturated/α-hetero) is 1. The first-order chi connectivity index (χ1) is 10.7. The molecule has 1 saturated carbocycles. The molecule has 1 fully saturated rings. The lowest BCUT2D eigenvalue weighted by atomic mass is 9.99. The van der Waals surface area contributed by atoms with E-state index in [9.17, 15) is 4.79 Å². The summed E-state index contributed by atoms with van der Waals surface area (Å²) in [6.07, 6.45) is 3.83. The summed E-state index contributed by atoms with van der Waals surface area (Å²) in [5.41, 5.74) is 2.30. The topological polar surface area (TPSA) is 47.8 Å². The van der Waals surface area contributed by atoms with Crippen LogP contribution in [-0.2, 0) is 11.3 Å². The van der Waals surface area contributed by atoms with Crippen molar-refractivity contribution in [3.8, 4) is 11.4 Å². The zero-order chi connectivity index (χ0) is 15.5. The summed E-state index contributed by atoms with van der Waals surface area (Å²) in [6.45, 7) is 4.99. The summed E-state index contributed by atoms with van der Waals surface area (Å²) in [5, 5.41) is 9.66. The minimum atomic E-state index is 0.0490. The van der Waals surface area contributed by atoms with E-state index >= 15 is 0 Å². The molecular weight excluding hydrogens is 294 g/mol. The van der Waals surface area contributed by atoms with Crippen LogP contribution in [0.4, 0.5) is 0 Å². The highest BCUT2D eigenvalue weighted by atomic mass is 32.2. The molecule has 0 aliphatic heterocycles. The van der Waals surface area contributed by atoms with Crippen molar-refractivity contribution in [1.29, 1.82) is 0 Å². The molecule has 0 unspecified atom stereocenters. The van der Waals surface area contributed by atoms with Gasteiger partial charge in [-0.15, -0.1) is 10.2 Å².